The van der Waals surface area contributed by atoms with Gasteiger partial charge in [-0.05, 0) is 47.5 Å². The lowest BCUT2D eigenvalue weighted by Crippen LogP contribution is -2.10. The van der Waals surface area contributed by atoms with E-state index in [-0.39, 0.29) is 5.91 Å². The monoisotopic (exact) mass is 350 g/mol. The first-order valence-electron chi connectivity index (χ1n) is 7.81. The van der Waals surface area contributed by atoms with Gasteiger partial charge in [-0.2, -0.15) is 0 Å². The molecule has 0 fully saturated rings. The van der Waals surface area contributed by atoms with Gasteiger partial charge in [0.1, 0.15) is 5.75 Å². The average Bonchev–Trinajstić information content (AvgIpc) is 2.77. The van der Waals surface area contributed by atoms with E-state index in [1.54, 1.807) is 13.2 Å². The van der Waals surface area contributed by atoms with Crippen molar-refractivity contribution in [2.75, 3.05) is 17.7 Å². The summed E-state index contributed by atoms with van der Waals surface area (Å²) in [5.41, 5.74) is 4.91. The Morgan fingerprint density at radius 3 is 2.28 bits per heavy atom. The molecule has 4 rings (SSSR count). The molecule has 3 aromatic rings. The maximum absolute atomic E-state index is 12.5. The van der Waals surface area contributed by atoms with E-state index in [1.165, 1.54) is 0 Å². The molecule has 1 aliphatic heterocycles. The molecule has 0 atom stereocenters. The first-order valence-corrected chi connectivity index (χ1v) is 8.19. The summed E-state index contributed by atoms with van der Waals surface area (Å²) in [5.74, 6) is 0.484. The molecule has 5 heteroatoms. The standard InChI is InChI=1S/C20H15ClN2O2/c1-25-19-11-13(7-9-15(19)21)12-6-8-14-18(10-12)22-16-4-2-3-5-17(16)23-20(14)24/h2-11,22H,1H3,(H,23,24). The summed E-state index contributed by atoms with van der Waals surface area (Å²) in [5, 5.41) is 6.83. The van der Waals surface area contributed by atoms with Crippen molar-refractivity contribution in [2.45, 2.75) is 0 Å². The van der Waals surface area contributed by atoms with Crippen LogP contribution in [0.15, 0.2) is 60.7 Å². The molecule has 0 spiro atoms. The van der Waals surface area contributed by atoms with Crippen LogP contribution in [0.4, 0.5) is 17.1 Å². The number of nitrogens with one attached hydrogen (secondary N) is 2. The number of fused-ring (bicyclic) bond motifs is 2. The second-order valence-corrected chi connectivity index (χ2v) is 6.14. The maximum Gasteiger partial charge on any atom is 0.257 e. The molecule has 3 aromatic carbocycles. The molecule has 0 saturated heterocycles. The zero-order chi connectivity index (χ0) is 17.4. The van der Waals surface area contributed by atoms with Crippen molar-refractivity contribution in [3.63, 3.8) is 0 Å². The second kappa shape index (κ2) is 6.15. The van der Waals surface area contributed by atoms with Gasteiger partial charge in [0.05, 0.1) is 34.8 Å². The molecule has 1 amide bonds. The lowest BCUT2D eigenvalue weighted by molar-refractivity contribution is 0.102. The van der Waals surface area contributed by atoms with Gasteiger partial charge in [-0.25, -0.2) is 0 Å². The van der Waals surface area contributed by atoms with Crippen LogP contribution in [0.5, 0.6) is 5.75 Å². The number of anilines is 3. The average molecular weight is 351 g/mol. The molecule has 4 nitrogen and oxygen atoms in total. The third kappa shape index (κ3) is 2.81. The van der Waals surface area contributed by atoms with Gasteiger partial charge >= 0.3 is 0 Å². The van der Waals surface area contributed by atoms with Crippen LogP contribution in [0.3, 0.4) is 0 Å². The fraction of sp³-hybridized carbons (Fsp3) is 0.0500. The first-order chi connectivity index (χ1) is 12.2. The summed E-state index contributed by atoms with van der Waals surface area (Å²) in [4.78, 5) is 12.5. The molecule has 1 heterocycles. The third-order valence-corrected chi connectivity index (χ3v) is 4.51. The normalized spacial score (nSPS) is 12.3. The van der Waals surface area contributed by atoms with E-state index >= 15 is 0 Å². The van der Waals surface area contributed by atoms with E-state index in [0.717, 1.165) is 28.2 Å². The summed E-state index contributed by atoms with van der Waals surface area (Å²) in [6.07, 6.45) is 0. The zero-order valence-corrected chi connectivity index (χ0v) is 14.2. The highest BCUT2D eigenvalue weighted by Crippen LogP contribution is 2.36. The van der Waals surface area contributed by atoms with Crippen LogP contribution in [-0.4, -0.2) is 13.0 Å². The number of para-hydroxylation sites is 2. The highest BCUT2D eigenvalue weighted by atomic mass is 35.5. The van der Waals surface area contributed by atoms with Crippen molar-refractivity contribution in [3.8, 4) is 16.9 Å². The molecular weight excluding hydrogens is 336 g/mol. The maximum atomic E-state index is 12.5. The van der Waals surface area contributed by atoms with Crippen LogP contribution in [-0.2, 0) is 0 Å². The lowest BCUT2D eigenvalue weighted by atomic mass is 10.0. The number of amides is 1. The largest absolute Gasteiger partial charge is 0.495 e. The Balaban J connectivity index is 1.80. The quantitative estimate of drug-likeness (QED) is 0.657. The summed E-state index contributed by atoms with van der Waals surface area (Å²) in [6.45, 7) is 0. The molecule has 0 aliphatic carbocycles. The van der Waals surface area contributed by atoms with E-state index < -0.39 is 0 Å². The Morgan fingerprint density at radius 2 is 1.52 bits per heavy atom. The molecule has 0 radical (unpaired) electrons. The Kier molecular flexibility index (Phi) is 3.82. The number of hydrogen-bond donors (Lipinski definition) is 2. The summed E-state index contributed by atoms with van der Waals surface area (Å²) in [6, 6.07) is 18.9. The van der Waals surface area contributed by atoms with E-state index in [0.29, 0.717) is 16.3 Å². The highest BCUT2D eigenvalue weighted by Gasteiger charge is 2.19. The minimum Gasteiger partial charge on any atom is -0.495 e. The molecule has 0 unspecified atom stereocenters. The molecule has 25 heavy (non-hydrogen) atoms. The highest BCUT2D eigenvalue weighted by molar-refractivity contribution is 6.32. The van der Waals surface area contributed by atoms with Crippen molar-refractivity contribution in [1.29, 1.82) is 0 Å². The molecule has 1 aliphatic rings. The van der Waals surface area contributed by atoms with Crippen molar-refractivity contribution in [2.24, 2.45) is 0 Å². The second-order valence-electron chi connectivity index (χ2n) is 5.73. The number of carbonyl (C=O) groups excluding carboxylic acids is 1. The zero-order valence-electron chi connectivity index (χ0n) is 13.5. The summed E-state index contributed by atoms with van der Waals surface area (Å²) < 4.78 is 5.29. The first kappa shape index (κ1) is 15.5. The van der Waals surface area contributed by atoms with Gasteiger partial charge < -0.3 is 15.4 Å². The minimum absolute atomic E-state index is 0.132. The number of methoxy groups -OCH3 is 1. The van der Waals surface area contributed by atoms with Crippen LogP contribution in [0, 0.1) is 0 Å². The summed E-state index contributed by atoms with van der Waals surface area (Å²) in [7, 11) is 1.59. The predicted molar refractivity (Wildman–Crippen MR) is 101 cm³/mol. The summed E-state index contributed by atoms with van der Waals surface area (Å²) >= 11 is 6.11. The van der Waals surface area contributed by atoms with E-state index in [9.17, 15) is 4.79 Å². The number of rotatable bonds is 2. The topological polar surface area (TPSA) is 50.4 Å². The third-order valence-electron chi connectivity index (χ3n) is 4.19. The van der Waals surface area contributed by atoms with Gasteiger partial charge in [0.2, 0.25) is 0 Å². The van der Waals surface area contributed by atoms with Crippen LogP contribution in [0.25, 0.3) is 11.1 Å². The van der Waals surface area contributed by atoms with Crippen LogP contribution in [0.1, 0.15) is 10.4 Å². The van der Waals surface area contributed by atoms with Gasteiger partial charge in [-0.1, -0.05) is 35.9 Å². The van der Waals surface area contributed by atoms with Crippen LogP contribution < -0.4 is 15.4 Å². The van der Waals surface area contributed by atoms with Gasteiger partial charge in [0.25, 0.3) is 5.91 Å². The van der Waals surface area contributed by atoms with Crippen molar-refractivity contribution in [3.05, 3.63) is 71.2 Å². The smallest absolute Gasteiger partial charge is 0.257 e. The molecule has 0 saturated carbocycles. The lowest BCUT2D eigenvalue weighted by Gasteiger charge is -2.11. The van der Waals surface area contributed by atoms with Crippen molar-refractivity contribution in [1.82, 2.24) is 0 Å². The van der Waals surface area contributed by atoms with Gasteiger partial charge in [-0.15, -0.1) is 0 Å². The van der Waals surface area contributed by atoms with Crippen molar-refractivity contribution < 1.29 is 9.53 Å². The van der Waals surface area contributed by atoms with Gasteiger partial charge in [-0.3, -0.25) is 4.79 Å². The van der Waals surface area contributed by atoms with Gasteiger partial charge in [0, 0.05) is 0 Å². The van der Waals surface area contributed by atoms with Gasteiger partial charge in [0.15, 0.2) is 0 Å². The molecular formula is C20H15ClN2O2. The van der Waals surface area contributed by atoms with E-state index in [1.807, 2.05) is 54.6 Å². The number of halogens is 1. The number of hydrogen-bond acceptors (Lipinski definition) is 3. The molecule has 124 valence electrons. The Labute approximate surface area is 150 Å². The minimum atomic E-state index is -0.132. The number of ether oxygens (including phenoxy) is 1. The van der Waals surface area contributed by atoms with E-state index in [4.69, 9.17) is 16.3 Å². The predicted octanol–water partition coefficient (Wildman–Crippen LogP) is 5.32. The fourth-order valence-corrected chi connectivity index (χ4v) is 3.10. The van der Waals surface area contributed by atoms with Crippen molar-refractivity contribution >= 4 is 34.6 Å². The number of carbonyl (C=O) groups is 1. The number of benzene rings is 3. The van der Waals surface area contributed by atoms with Crippen LogP contribution >= 0.6 is 11.6 Å². The SMILES string of the molecule is COc1cc(-c2ccc3c(c2)Nc2ccccc2NC3=O)ccc1Cl. The van der Waals surface area contributed by atoms with E-state index in [2.05, 4.69) is 10.6 Å². The molecule has 2 N–H and O–H groups in total. The Morgan fingerprint density at radius 1 is 0.840 bits per heavy atom. The Hall–Kier alpha value is -2.98. The fourth-order valence-electron chi connectivity index (χ4n) is 2.90. The molecule has 0 bridgehead atoms. The van der Waals surface area contributed by atoms with Crippen LogP contribution in [0.2, 0.25) is 5.02 Å². The Bertz CT molecular complexity index is 985. The molecule has 0 aromatic heterocycles.